The van der Waals surface area contributed by atoms with Gasteiger partial charge in [0.1, 0.15) is 11.4 Å². The van der Waals surface area contributed by atoms with Gasteiger partial charge in [0, 0.05) is 10.9 Å². The maximum Gasteiger partial charge on any atom is 0.119 e. The highest BCUT2D eigenvalue weighted by Crippen LogP contribution is 2.28. The van der Waals surface area contributed by atoms with Gasteiger partial charge in [-0.2, -0.15) is 5.10 Å². The Morgan fingerprint density at radius 1 is 1.29 bits per heavy atom. The van der Waals surface area contributed by atoms with Crippen LogP contribution >= 0.6 is 0 Å². The van der Waals surface area contributed by atoms with Crippen LogP contribution in [0.25, 0.3) is 22.3 Å². The van der Waals surface area contributed by atoms with E-state index in [1.807, 2.05) is 24.3 Å². The van der Waals surface area contributed by atoms with Crippen molar-refractivity contribution in [2.75, 3.05) is 12.8 Å². The van der Waals surface area contributed by atoms with Crippen LogP contribution in [0.2, 0.25) is 0 Å². The first-order chi connectivity index (χ1) is 8.28. The Morgan fingerprint density at radius 3 is 2.88 bits per heavy atom. The van der Waals surface area contributed by atoms with Crippen molar-refractivity contribution in [3.05, 3.63) is 30.5 Å². The zero-order chi connectivity index (χ0) is 11.8. The van der Waals surface area contributed by atoms with Crippen LogP contribution in [0.15, 0.2) is 30.5 Å². The molecule has 0 aliphatic rings. The molecule has 0 atom stereocenters. The number of benzene rings is 1. The molecule has 86 valence electrons. The molecule has 0 fully saturated rings. The van der Waals surface area contributed by atoms with E-state index in [2.05, 4.69) is 15.2 Å². The van der Waals surface area contributed by atoms with Crippen molar-refractivity contribution in [1.29, 1.82) is 0 Å². The molecule has 0 aliphatic carbocycles. The van der Waals surface area contributed by atoms with E-state index in [1.54, 1.807) is 13.3 Å². The quantitative estimate of drug-likeness (QED) is 0.628. The molecule has 0 unspecified atom stereocenters. The van der Waals surface area contributed by atoms with E-state index in [-0.39, 0.29) is 0 Å². The number of anilines is 1. The minimum Gasteiger partial charge on any atom is -0.497 e. The molecular weight excluding hydrogens is 216 g/mol. The highest BCUT2D eigenvalue weighted by molar-refractivity contribution is 5.88. The zero-order valence-corrected chi connectivity index (χ0v) is 9.32. The second-order valence-corrected chi connectivity index (χ2v) is 3.84. The van der Waals surface area contributed by atoms with Crippen LogP contribution in [0.4, 0.5) is 5.69 Å². The van der Waals surface area contributed by atoms with Crippen molar-refractivity contribution in [1.82, 2.24) is 15.2 Å². The molecule has 0 amide bonds. The monoisotopic (exact) mass is 228 g/mol. The summed E-state index contributed by atoms with van der Waals surface area (Å²) in [6.07, 6.45) is 1.60. The van der Waals surface area contributed by atoms with Gasteiger partial charge in [0.2, 0.25) is 0 Å². The fourth-order valence-electron chi connectivity index (χ4n) is 1.88. The summed E-state index contributed by atoms with van der Waals surface area (Å²) in [5, 5.41) is 7.86. The number of hydrogen-bond acceptors (Lipinski definition) is 3. The number of fused-ring (bicyclic) bond motifs is 1. The van der Waals surface area contributed by atoms with E-state index in [4.69, 9.17) is 10.5 Å². The lowest BCUT2D eigenvalue weighted by Crippen LogP contribution is -1.85. The van der Waals surface area contributed by atoms with E-state index in [9.17, 15) is 0 Å². The molecule has 4 N–H and O–H groups in total. The number of nitrogens with zero attached hydrogens (tertiary/aromatic N) is 1. The van der Waals surface area contributed by atoms with Gasteiger partial charge >= 0.3 is 0 Å². The lowest BCUT2D eigenvalue weighted by atomic mass is 10.2. The first-order valence-electron chi connectivity index (χ1n) is 5.24. The van der Waals surface area contributed by atoms with Gasteiger partial charge in [-0.05, 0) is 24.3 Å². The number of aromatic amines is 2. The Bertz CT molecular complexity index is 668. The summed E-state index contributed by atoms with van der Waals surface area (Å²) in [4.78, 5) is 3.28. The minimum absolute atomic E-state index is 0.628. The van der Waals surface area contributed by atoms with Crippen molar-refractivity contribution in [3.8, 4) is 17.1 Å². The minimum atomic E-state index is 0.628. The van der Waals surface area contributed by atoms with Crippen molar-refractivity contribution in [3.63, 3.8) is 0 Å². The average molecular weight is 228 g/mol. The lowest BCUT2D eigenvalue weighted by Gasteiger charge is -1.97. The highest BCUT2D eigenvalue weighted by atomic mass is 16.5. The number of ether oxygens (including phenoxy) is 1. The standard InChI is InChI=1S/C12H12N4O/c1-17-8-2-3-10-7(4-8)5-11(15-10)12-9(13)6-14-16-12/h2-6,15H,13H2,1H3,(H,14,16). The molecule has 0 saturated heterocycles. The molecule has 2 aromatic heterocycles. The van der Waals surface area contributed by atoms with Gasteiger partial charge in [-0.1, -0.05) is 0 Å². The third-order valence-corrected chi connectivity index (χ3v) is 2.77. The predicted octanol–water partition coefficient (Wildman–Crippen LogP) is 2.15. The first kappa shape index (κ1) is 9.77. The molecule has 2 heterocycles. The maximum absolute atomic E-state index is 5.81. The van der Waals surface area contributed by atoms with Crippen LogP contribution in [-0.4, -0.2) is 22.3 Å². The number of nitrogens with one attached hydrogen (secondary N) is 2. The van der Waals surface area contributed by atoms with Gasteiger partial charge in [0.25, 0.3) is 0 Å². The molecule has 0 radical (unpaired) electrons. The van der Waals surface area contributed by atoms with Crippen molar-refractivity contribution < 1.29 is 4.74 Å². The number of aromatic nitrogens is 3. The second-order valence-electron chi connectivity index (χ2n) is 3.84. The van der Waals surface area contributed by atoms with Gasteiger partial charge in [0.05, 0.1) is 24.7 Å². The number of hydrogen-bond donors (Lipinski definition) is 3. The van der Waals surface area contributed by atoms with Crippen molar-refractivity contribution >= 4 is 16.6 Å². The maximum atomic E-state index is 5.81. The molecule has 5 heteroatoms. The normalized spacial score (nSPS) is 10.9. The Balaban J connectivity index is 2.17. The SMILES string of the molecule is COc1ccc2[nH]c(-c3[nH]ncc3N)cc2c1. The Hall–Kier alpha value is -2.43. The zero-order valence-electron chi connectivity index (χ0n) is 9.32. The molecule has 5 nitrogen and oxygen atoms in total. The van der Waals surface area contributed by atoms with Crippen molar-refractivity contribution in [2.24, 2.45) is 0 Å². The summed E-state index contributed by atoms with van der Waals surface area (Å²) in [6, 6.07) is 7.88. The number of nitrogens with two attached hydrogens (primary N) is 1. The average Bonchev–Trinajstić information content (AvgIpc) is 2.93. The fraction of sp³-hybridized carbons (Fsp3) is 0.0833. The molecule has 17 heavy (non-hydrogen) atoms. The predicted molar refractivity (Wildman–Crippen MR) is 66.8 cm³/mol. The molecule has 1 aromatic carbocycles. The van der Waals surface area contributed by atoms with Gasteiger partial charge in [-0.15, -0.1) is 0 Å². The van der Waals surface area contributed by atoms with Crippen LogP contribution in [0.5, 0.6) is 5.75 Å². The Labute approximate surface area is 97.6 Å². The molecule has 0 bridgehead atoms. The van der Waals surface area contributed by atoms with E-state index in [0.717, 1.165) is 28.0 Å². The molecule has 3 aromatic rings. The first-order valence-corrected chi connectivity index (χ1v) is 5.24. The second kappa shape index (κ2) is 3.55. The number of H-pyrrole nitrogens is 2. The number of methoxy groups -OCH3 is 1. The van der Waals surface area contributed by atoms with E-state index < -0.39 is 0 Å². The van der Waals surface area contributed by atoms with Gasteiger partial charge in [0.15, 0.2) is 0 Å². The highest BCUT2D eigenvalue weighted by Gasteiger charge is 2.08. The van der Waals surface area contributed by atoms with Crippen LogP contribution in [0.3, 0.4) is 0 Å². The van der Waals surface area contributed by atoms with Crippen LogP contribution in [0.1, 0.15) is 0 Å². The molecule has 0 aliphatic heterocycles. The third-order valence-electron chi connectivity index (χ3n) is 2.77. The number of rotatable bonds is 2. The summed E-state index contributed by atoms with van der Waals surface area (Å²) < 4.78 is 5.19. The molecular formula is C12H12N4O. The summed E-state index contributed by atoms with van der Waals surface area (Å²) in [5.41, 5.74) is 9.20. The van der Waals surface area contributed by atoms with Crippen LogP contribution in [-0.2, 0) is 0 Å². The van der Waals surface area contributed by atoms with E-state index in [1.165, 1.54) is 0 Å². The largest absolute Gasteiger partial charge is 0.497 e. The van der Waals surface area contributed by atoms with Gasteiger partial charge < -0.3 is 15.5 Å². The summed E-state index contributed by atoms with van der Waals surface area (Å²) >= 11 is 0. The van der Waals surface area contributed by atoms with E-state index >= 15 is 0 Å². The Kier molecular flexibility index (Phi) is 2.04. The van der Waals surface area contributed by atoms with Crippen LogP contribution < -0.4 is 10.5 Å². The van der Waals surface area contributed by atoms with Gasteiger partial charge in [-0.3, -0.25) is 5.10 Å². The number of nitrogen functional groups attached to an aromatic ring is 1. The van der Waals surface area contributed by atoms with Gasteiger partial charge in [-0.25, -0.2) is 0 Å². The van der Waals surface area contributed by atoms with Crippen molar-refractivity contribution in [2.45, 2.75) is 0 Å². The van der Waals surface area contributed by atoms with Crippen LogP contribution in [0, 0.1) is 0 Å². The van der Waals surface area contributed by atoms with E-state index in [0.29, 0.717) is 5.69 Å². The Morgan fingerprint density at radius 2 is 2.18 bits per heavy atom. The lowest BCUT2D eigenvalue weighted by molar-refractivity contribution is 0.415. The third kappa shape index (κ3) is 1.52. The molecule has 0 spiro atoms. The fourth-order valence-corrected chi connectivity index (χ4v) is 1.88. The molecule has 0 saturated carbocycles. The summed E-state index contributed by atoms with van der Waals surface area (Å²) in [7, 11) is 1.65. The summed E-state index contributed by atoms with van der Waals surface area (Å²) in [6.45, 7) is 0. The molecule has 3 rings (SSSR count). The smallest absolute Gasteiger partial charge is 0.119 e. The summed E-state index contributed by atoms with van der Waals surface area (Å²) in [5.74, 6) is 0.834. The topological polar surface area (TPSA) is 79.7 Å².